The molecule has 0 aromatic heterocycles. The van der Waals surface area contributed by atoms with Crippen LogP contribution in [0, 0.1) is 0 Å². The van der Waals surface area contributed by atoms with Gasteiger partial charge in [0, 0.05) is 13.1 Å². The lowest BCUT2D eigenvalue weighted by molar-refractivity contribution is -0.133. The summed E-state index contributed by atoms with van der Waals surface area (Å²) in [5.74, 6) is 1.22. The van der Waals surface area contributed by atoms with Gasteiger partial charge >= 0.3 is 0 Å². The number of fused-ring (bicyclic) bond motifs is 3. The maximum atomic E-state index is 13.4. The molecule has 1 N–H and O–H groups in total. The molecule has 1 unspecified atom stereocenters. The van der Waals surface area contributed by atoms with Crippen LogP contribution in [-0.2, 0) is 9.59 Å². The number of piperazine rings is 1. The van der Waals surface area contributed by atoms with Crippen LogP contribution >= 0.6 is 11.8 Å². The Balaban J connectivity index is 1.45. The molecule has 160 valence electrons. The summed E-state index contributed by atoms with van der Waals surface area (Å²) < 4.78 is 10.8. The van der Waals surface area contributed by atoms with E-state index in [4.69, 9.17) is 9.47 Å². The van der Waals surface area contributed by atoms with Crippen molar-refractivity contribution in [2.75, 3.05) is 43.8 Å². The van der Waals surface area contributed by atoms with Crippen LogP contribution < -0.4 is 14.8 Å². The molecule has 0 radical (unpaired) electrons. The first kappa shape index (κ1) is 19.7. The predicted octanol–water partition coefficient (Wildman–Crippen LogP) is 2.05. The van der Waals surface area contributed by atoms with E-state index < -0.39 is 6.04 Å². The van der Waals surface area contributed by atoms with Gasteiger partial charge in [0.25, 0.3) is 5.91 Å². The van der Waals surface area contributed by atoms with E-state index in [0.29, 0.717) is 41.6 Å². The van der Waals surface area contributed by atoms with E-state index in [1.54, 1.807) is 21.9 Å². The van der Waals surface area contributed by atoms with Crippen molar-refractivity contribution in [3.8, 4) is 22.6 Å². The number of thioether (sulfide) groups is 1. The first-order chi connectivity index (χ1) is 15.0. The Hall–Kier alpha value is -3.20. The summed E-state index contributed by atoms with van der Waals surface area (Å²) in [4.78, 5) is 41.8. The molecule has 1 fully saturated rings. The maximum Gasteiger partial charge on any atom is 0.256 e. The number of carbonyl (C=O) groups is 3. The summed E-state index contributed by atoms with van der Waals surface area (Å²) in [6, 6.07) is 10.3. The van der Waals surface area contributed by atoms with Crippen LogP contribution in [0.3, 0.4) is 0 Å². The molecule has 3 aliphatic heterocycles. The van der Waals surface area contributed by atoms with Crippen LogP contribution in [0.1, 0.15) is 10.4 Å². The molecule has 1 atom stereocenters. The van der Waals surface area contributed by atoms with Crippen LogP contribution in [0.25, 0.3) is 11.1 Å². The zero-order chi connectivity index (χ0) is 21.5. The van der Waals surface area contributed by atoms with E-state index in [-0.39, 0.29) is 31.1 Å². The highest BCUT2D eigenvalue weighted by molar-refractivity contribution is 7.99. The highest BCUT2D eigenvalue weighted by Crippen LogP contribution is 2.37. The van der Waals surface area contributed by atoms with Gasteiger partial charge in [-0.1, -0.05) is 12.1 Å². The van der Waals surface area contributed by atoms with Crippen molar-refractivity contribution < 1.29 is 23.9 Å². The van der Waals surface area contributed by atoms with Gasteiger partial charge in [0.2, 0.25) is 18.6 Å². The smallest absolute Gasteiger partial charge is 0.256 e. The molecule has 8 nitrogen and oxygen atoms in total. The number of hydrogen-bond donors (Lipinski definition) is 1. The molecule has 1 saturated heterocycles. The molecule has 31 heavy (non-hydrogen) atoms. The largest absolute Gasteiger partial charge is 0.454 e. The first-order valence-electron chi connectivity index (χ1n) is 9.98. The van der Waals surface area contributed by atoms with Crippen LogP contribution in [0.5, 0.6) is 11.5 Å². The molecule has 2 aromatic rings. The number of hydrogen-bond acceptors (Lipinski definition) is 6. The Morgan fingerprint density at radius 2 is 1.87 bits per heavy atom. The van der Waals surface area contributed by atoms with E-state index in [1.165, 1.54) is 11.8 Å². The first-order valence-corrected chi connectivity index (χ1v) is 11.4. The number of carbonyl (C=O) groups excluding carboxylic acids is 3. The maximum absolute atomic E-state index is 13.4. The van der Waals surface area contributed by atoms with Gasteiger partial charge in [-0.05, 0) is 41.6 Å². The third-order valence-corrected chi connectivity index (χ3v) is 6.31. The van der Waals surface area contributed by atoms with Gasteiger partial charge in [0.05, 0.1) is 23.5 Å². The summed E-state index contributed by atoms with van der Waals surface area (Å²) in [5, 5.41) is 2.87. The highest BCUT2D eigenvalue weighted by Gasteiger charge is 2.40. The Morgan fingerprint density at radius 3 is 2.71 bits per heavy atom. The van der Waals surface area contributed by atoms with Gasteiger partial charge in [-0.25, -0.2) is 0 Å². The molecule has 0 spiro atoms. The van der Waals surface area contributed by atoms with E-state index in [9.17, 15) is 14.4 Å². The molecule has 3 aliphatic rings. The average Bonchev–Trinajstić information content (AvgIpc) is 3.23. The summed E-state index contributed by atoms with van der Waals surface area (Å²) >= 11 is 1.45. The average molecular weight is 439 g/mol. The van der Waals surface area contributed by atoms with Crippen molar-refractivity contribution in [2.45, 2.75) is 6.04 Å². The molecular weight excluding hydrogens is 418 g/mol. The fourth-order valence-electron chi connectivity index (χ4n) is 4.15. The van der Waals surface area contributed by atoms with Crippen molar-refractivity contribution in [2.24, 2.45) is 0 Å². The normalized spacial score (nSPS) is 19.5. The van der Waals surface area contributed by atoms with Gasteiger partial charge in [-0.3, -0.25) is 14.4 Å². The van der Waals surface area contributed by atoms with E-state index >= 15 is 0 Å². The molecule has 3 heterocycles. The highest BCUT2D eigenvalue weighted by atomic mass is 32.2. The third-order valence-electron chi connectivity index (χ3n) is 5.78. The second-order valence-electron chi connectivity index (χ2n) is 7.60. The summed E-state index contributed by atoms with van der Waals surface area (Å²) in [6.45, 7) is 1.15. The third kappa shape index (κ3) is 3.48. The zero-order valence-electron chi connectivity index (χ0n) is 16.9. The number of amides is 3. The Bertz CT molecular complexity index is 1090. The van der Waals surface area contributed by atoms with Crippen LogP contribution in [0.15, 0.2) is 36.4 Å². The quantitative estimate of drug-likeness (QED) is 0.788. The lowest BCUT2D eigenvalue weighted by Gasteiger charge is -2.39. The predicted molar refractivity (Wildman–Crippen MR) is 116 cm³/mol. The van der Waals surface area contributed by atoms with E-state index in [0.717, 1.165) is 11.1 Å². The lowest BCUT2D eigenvalue weighted by atomic mass is 10.0. The fraction of sp³-hybridized carbons (Fsp3) is 0.318. The number of nitrogens with zero attached hydrogens (tertiary/aromatic N) is 2. The number of anilines is 1. The van der Waals surface area contributed by atoms with Crippen molar-refractivity contribution >= 4 is 35.2 Å². The minimum atomic E-state index is -0.701. The van der Waals surface area contributed by atoms with Gasteiger partial charge in [0.1, 0.15) is 6.04 Å². The minimum absolute atomic E-state index is 0.0146. The monoisotopic (exact) mass is 439 g/mol. The number of nitrogens with one attached hydrogen (secondary N) is 1. The number of benzene rings is 2. The van der Waals surface area contributed by atoms with Crippen molar-refractivity contribution in [1.82, 2.24) is 9.80 Å². The molecule has 5 rings (SSSR count). The van der Waals surface area contributed by atoms with Gasteiger partial charge < -0.3 is 24.6 Å². The molecular formula is C22H21N3O5S. The number of rotatable bonds is 3. The summed E-state index contributed by atoms with van der Waals surface area (Å²) in [6.07, 6.45) is 1.87. The lowest BCUT2D eigenvalue weighted by Crippen LogP contribution is -2.59. The topological polar surface area (TPSA) is 88.2 Å². The van der Waals surface area contributed by atoms with Crippen LogP contribution in [-0.4, -0.2) is 72.0 Å². The Kier molecular flexibility index (Phi) is 4.97. The second-order valence-corrected chi connectivity index (χ2v) is 8.47. The molecule has 0 saturated carbocycles. The minimum Gasteiger partial charge on any atom is -0.454 e. The molecule has 0 aliphatic carbocycles. The van der Waals surface area contributed by atoms with Crippen molar-refractivity contribution in [3.05, 3.63) is 42.0 Å². The zero-order valence-corrected chi connectivity index (χ0v) is 17.7. The van der Waals surface area contributed by atoms with Crippen molar-refractivity contribution in [3.63, 3.8) is 0 Å². The molecule has 0 bridgehead atoms. The summed E-state index contributed by atoms with van der Waals surface area (Å²) in [5.41, 5.74) is 2.65. The van der Waals surface area contributed by atoms with Crippen LogP contribution in [0.4, 0.5) is 5.69 Å². The van der Waals surface area contributed by atoms with Crippen LogP contribution in [0.2, 0.25) is 0 Å². The Morgan fingerprint density at radius 1 is 1.10 bits per heavy atom. The standard InChI is InChI=1S/C22H21N3O5S/c1-31-11-20(26)24-6-7-25-17(10-24)21(27)23-16-4-2-13(8-15(16)22(25)28)14-3-5-18-19(9-14)30-12-29-18/h2-5,8-9,17H,6-7,10-12H2,1H3,(H,23,27). The second kappa shape index (κ2) is 7.81. The molecule has 9 heteroatoms. The molecule has 2 aromatic carbocycles. The van der Waals surface area contributed by atoms with Crippen molar-refractivity contribution in [1.29, 1.82) is 0 Å². The SMILES string of the molecule is CSCC(=O)N1CCN2C(=O)c3cc(-c4ccc5c(c4)OCO5)ccc3NC(=O)C2C1. The Labute approximate surface area is 183 Å². The van der Waals surface area contributed by atoms with Gasteiger partial charge in [-0.15, -0.1) is 0 Å². The number of ether oxygens (including phenoxy) is 2. The van der Waals surface area contributed by atoms with Gasteiger partial charge in [-0.2, -0.15) is 11.8 Å². The van der Waals surface area contributed by atoms with E-state index in [2.05, 4.69) is 5.32 Å². The fourth-order valence-corrected chi connectivity index (χ4v) is 4.58. The van der Waals surface area contributed by atoms with Gasteiger partial charge in [0.15, 0.2) is 11.5 Å². The molecule has 3 amide bonds. The summed E-state index contributed by atoms with van der Waals surface area (Å²) in [7, 11) is 0. The van der Waals surface area contributed by atoms with E-state index in [1.807, 2.05) is 30.5 Å².